The lowest BCUT2D eigenvalue weighted by Crippen LogP contribution is -2.57. The van der Waals surface area contributed by atoms with Crippen molar-refractivity contribution in [1.82, 2.24) is 25.8 Å². The second-order valence-electron chi connectivity index (χ2n) is 13.1. The number of nitrogens with one attached hydrogen (secondary N) is 5. The molecule has 2 aromatic rings. The van der Waals surface area contributed by atoms with Gasteiger partial charge in [0, 0.05) is 25.3 Å². The van der Waals surface area contributed by atoms with Gasteiger partial charge in [-0.15, -0.1) is 0 Å². The first-order valence-corrected chi connectivity index (χ1v) is 19.6. The standard InChI is InChI=1S/C37H57N7O8S/c1-4-49-20-21-51-24-25-52-23-22-50-19-17-39-36(48)43-37-41-30(27-12-7-5-8-13-27)34(53-37)42-33(46)29-16-11-18-44(29)35(47)31(28-14-9-6-10-15-28)40-32(45)26(2)38-3/h5,7-8,12-13,26,28-29,31,38H,4,6,9-11,14-25H2,1-3H3,(H,40,45)(H,42,46)(H2,39,41,43,48)/t26-,29?,31-/m0/s1. The number of likely N-dealkylation sites (N-methyl/N-ethyl adjacent to an activating group) is 1. The van der Waals surface area contributed by atoms with E-state index >= 15 is 0 Å². The topological polar surface area (TPSA) is 181 Å². The van der Waals surface area contributed by atoms with Crippen molar-refractivity contribution in [2.45, 2.75) is 76.9 Å². The van der Waals surface area contributed by atoms with E-state index in [0.29, 0.717) is 88.1 Å². The van der Waals surface area contributed by atoms with Crippen LogP contribution in [0, 0.1) is 5.92 Å². The summed E-state index contributed by atoms with van der Waals surface area (Å²) in [5.41, 5.74) is 1.27. The summed E-state index contributed by atoms with van der Waals surface area (Å²) in [6.45, 7) is 8.22. The van der Waals surface area contributed by atoms with E-state index in [9.17, 15) is 19.2 Å². The molecule has 1 aromatic heterocycles. The monoisotopic (exact) mass is 759 g/mol. The highest BCUT2D eigenvalue weighted by atomic mass is 32.1. The summed E-state index contributed by atoms with van der Waals surface area (Å²) in [6.07, 6.45) is 6.01. The number of carbonyl (C=O) groups is 4. The van der Waals surface area contributed by atoms with E-state index in [-0.39, 0.29) is 30.2 Å². The number of urea groups is 1. The van der Waals surface area contributed by atoms with Gasteiger partial charge in [-0.25, -0.2) is 9.78 Å². The predicted octanol–water partition coefficient (Wildman–Crippen LogP) is 3.62. The first-order chi connectivity index (χ1) is 25.8. The molecule has 15 nitrogen and oxygen atoms in total. The van der Waals surface area contributed by atoms with Gasteiger partial charge < -0.3 is 45.1 Å². The van der Waals surface area contributed by atoms with Crippen molar-refractivity contribution in [2.24, 2.45) is 5.92 Å². The third-order valence-electron chi connectivity index (χ3n) is 9.33. The smallest absolute Gasteiger partial charge is 0.321 e. The SMILES string of the molecule is CCOCCOCCOCCOCCNC(=O)Nc1nc(-c2ccccc2)c(NC(=O)C2CCCN2C(=O)[C@@H](NC(=O)[C@H](C)NC)C2CCCCC2)s1. The molecule has 53 heavy (non-hydrogen) atoms. The summed E-state index contributed by atoms with van der Waals surface area (Å²) in [7, 11) is 1.71. The Hall–Kier alpha value is -3.67. The largest absolute Gasteiger partial charge is 0.379 e. The molecule has 2 aliphatic rings. The predicted molar refractivity (Wildman–Crippen MR) is 204 cm³/mol. The number of benzene rings is 1. The summed E-state index contributed by atoms with van der Waals surface area (Å²) in [4.78, 5) is 60.0. The second kappa shape index (κ2) is 23.2. The highest BCUT2D eigenvalue weighted by molar-refractivity contribution is 7.20. The third-order valence-corrected chi connectivity index (χ3v) is 10.2. The zero-order chi connectivity index (χ0) is 37.8. The number of ether oxygens (including phenoxy) is 4. The molecule has 2 heterocycles. The van der Waals surface area contributed by atoms with Gasteiger partial charge in [0.05, 0.1) is 52.3 Å². The number of amides is 5. The molecule has 1 saturated carbocycles. The fraction of sp³-hybridized carbons (Fsp3) is 0.649. The van der Waals surface area contributed by atoms with Crippen LogP contribution in [0.25, 0.3) is 11.3 Å². The zero-order valence-corrected chi connectivity index (χ0v) is 32.1. The number of rotatable bonds is 22. The third kappa shape index (κ3) is 13.6. The van der Waals surface area contributed by atoms with Gasteiger partial charge in [-0.1, -0.05) is 60.9 Å². The molecule has 3 atom stereocenters. The fourth-order valence-corrected chi connectivity index (χ4v) is 7.25. The summed E-state index contributed by atoms with van der Waals surface area (Å²) in [5.74, 6) is -0.762. The Bertz CT molecular complexity index is 1430. The minimum Gasteiger partial charge on any atom is -0.379 e. The minimum absolute atomic E-state index is 0.0203. The van der Waals surface area contributed by atoms with Gasteiger partial charge in [0.2, 0.25) is 17.7 Å². The van der Waals surface area contributed by atoms with E-state index in [2.05, 4.69) is 31.6 Å². The van der Waals surface area contributed by atoms with Crippen LogP contribution in [-0.4, -0.2) is 125 Å². The Balaban J connectivity index is 1.32. The number of nitrogens with zero attached hydrogens (tertiary/aromatic N) is 2. The minimum atomic E-state index is -0.706. The number of carbonyl (C=O) groups excluding carboxylic acids is 4. The van der Waals surface area contributed by atoms with Crippen molar-refractivity contribution in [3.05, 3.63) is 30.3 Å². The average Bonchev–Trinajstić information content (AvgIpc) is 3.83. The van der Waals surface area contributed by atoms with E-state index < -0.39 is 24.2 Å². The quantitative estimate of drug-likeness (QED) is 0.111. The van der Waals surface area contributed by atoms with E-state index in [1.807, 2.05) is 37.3 Å². The fourth-order valence-electron chi connectivity index (χ4n) is 6.37. The molecular formula is C37H57N7O8S. The molecule has 0 spiro atoms. The van der Waals surface area contributed by atoms with Crippen molar-refractivity contribution in [1.29, 1.82) is 0 Å². The Morgan fingerprint density at radius 2 is 1.53 bits per heavy atom. The second-order valence-corrected chi connectivity index (χ2v) is 14.1. The molecule has 1 aromatic carbocycles. The molecule has 5 N–H and O–H groups in total. The Labute approximate surface area is 316 Å². The van der Waals surface area contributed by atoms with Crippen molar-refractivity contribution in [3.8, 4) is 11.3 Å². The summed E-state index contributed by atoms with van der Waals surface area (Å²) in [5, 5.41) is 15.3. The van der Waals surface area contributed by atoms with E-state index in [1.54, 1.807) is 18.9 Å². The van der Waals surface area contributed by atoms with E-state index in [4.69, 9.17) is 18.9 Å². The van der Waals surface area contributed by atoms with Crippen LogP contribution in [0.1, 0.15) is 58.8 Å². The highest BCUT2D eigenvalue weighted by Gasteiger charge is 2.41. The summed E-state index contributed by atoms with van der Waals surface area (Å²) in [6, 6.07) is 7.06. The van der Waals surface area contributed by atoms with Gasteiger partial charge in [0.15, 0.2) is 5.13 Å². The normalized spacial score (nSPS) is 17.3. The lowest BCUT2D eigenvalue weighted by molar-refractivity contribution is -0.142. The highest BCUT2D eigenvalue weighted by Crippen LogP contribution is 2.37. The number of aromatic nitrogens is 1. The van der Waals surface area contributed by atoms with Gasteiger partial charge in [0.1, 0.15) is 22.8 Å². The molecule has 5 amide bonds. The van der Waals surface area contributed by atoms with E-state index in [0.717, 1.165) is 49.0 Å². The molecule has 4 rings (SSSR count). The van der Waals surface area contributed by atoms with Crippen LogP contribution in [0.5, 0.6) is 0 Å². The molecular weight excluding hydrogens is 703 g/mol. The maximum Gasteiger partial charge on any atom is 0.321 e. The molecule has 294 valence electrons. The van der Waals surface area contributed by atoms with Crippen LogP contribution < -0.4 is 26.6 Å². The van der Waals surface area contributed by atoms with E-state index in [1.165, 1.54) is 0 Å². The Kier molecular flexibility index (Phi) is 18.4. The van der Waals surface area contributed by atoms with Gasteiger partial charge in [-0.2, -0.15) is 0 Å². The lowest BCUT2D eigenvalue weighted by Gasteiger charge is -2.35. The van der Waals surface area contributed by atoms with Crippen LogP contribution in [0.15, 0.2) is 30.3 Å². The molecule has 1 aliphatic heterocycles. The maximum atomic E-state index is 14.1. The maximum absolute atomic E-state index is 14.1. The Morgan fingerprint density at radius 3 is 2.19 bits per heavy atom. The lowest BCUT2D eigenvalue weighted by atomic mass is 9.83. The molecule has 1 unspecified atom stereocenters. The number of hydrogen-bond acceptors (Lipinski definition) is 11. The van der Waals surface area contributed by atoms with Gasteiger partial charge in [-0.3, -0.25) is 19.7 Å². The van der Waals surface area contributed by atoms with Crippen LogP contribution in [0.3, 0.4) is 0 Å². The number of thiazole rings is 1. The van der Waals surface area contributed by atoms with Crippen LogP contribution >= 0.6 is 11.3 Å². The van der Waals surface area contributed by atoms with Crippen LogP contribution in [0.4, 0.5) is 14.9 Å². The van der Waals surface area contributed by atoms with Crippen molar-refractivity contribution >= 4 is 45.2 Å². The molecule has 16 heteroatoms. The first kappa shape index (κ1) is 42.1. The van der Waals surface area contributed by atoms with Crippen molar-refractivity contribution < 1.29 is 38.1 Å². The van der Waals surface area contributed by atoms with Gasteiger partial charge >= 0.3 is 6.03 Å². The van der Waals surface area contributed by atoms with Gasteiger partial charge in [0.25, 0.3) is 0 Å². The van der Waals surface area contributed by atoms with Crippen molar-refractivity contribution in [3.63, 3.8) is 0 Å². The molecule has 0 bridgehead atoms. The zero-order valence-electron chi connectivity index (χ0n) is 31.3. The number of likely N-dealkylation sites (tertiary alicyclic amines) is 1. The molecule has 2 fully saturated rings. The first-order valence-electron chi connectivity index (χ1n) is 18.8. The number of anilines is 2. The van der Waals surface area contributed by atoms with Crippen LogP contribution in [-0.2, 0) is 33.3 Å². The number of hydrogen-bond donors (Lipinski definition) is 5. The molecule has 0 radical (unpaired) electrons. The Morgan fingerprint density at radius 1 is 0.868 bits per heavy atom. The molecule has 1 aliphatic carbocycles. The molecule has 1 saturated heterocycles. The van der Waals surface area contributed by atoms with Crippen LogP contribution in [0.2, 0.25) is 0 Å². The average molecular weight is 760 g/mol. The summed E-state index contributed by atoms with van der Waals surface area (Å²) >= 11 is 1.14. The van der Waals surface area contributed by atoms with Gasteiger partial charge in [-0.05, 0) is 52.5 Å². The summed E-state index contributed by atoms with van der Waals surface area (Å²) < 4.78 is 21.6. The van der Waals surface area contributed by atoms with Crippen molar-refractivity contribution in [2.75, 3.05) is 83.6 Å².